The highest BCUT2D eigenvalue weighted by Crippen LogP contribution is 2.15. The van der Waals surface area contributed by atoms with E-state index in [1.807, 2.05) is 5.38 Å². The van der Waals surface area contributed by atoms with Crippen molar-refractivity contribution in [3.05, 3.63) is 52.2 Å². The summed E-state index contributed by atoms with van der Waals surface area (Å²) in [6, 6.07) is 9.90. The second kappa shape index (κ2) is 7.01. The third-order valence-electron chi connectivity index (χ3n) is 2.78. The average Bonchev–Trinajstić information content (AvgIpc) is 3.01. The van der Waals surface area contributed by atoms with Crippen molar-refractivity contribution in [1.29, 1.82) is 0 Å². The molecule has 0 bridgehead atoms. The van der Waals surface area contributed by atoms with E-state index < -0.39 is 0 Å². The number of carbonyl (C=O) groups excluding carboxylic acids is 2. The van der Waals surface area contributed by atoms with E-state index in [0.29, 0.717) is 16.1 Å². The number of aliphatic hydroxyl groups is 1. The van der Waals surface area contributed by atoms with E-state index in [1.165, 1.54) is 11.3 Å². The molecule has 1 aromatic carbocycles. The number of nitrogens with one attached hydrogen (secondary N) is 2. The quantitative estimate of drug-likeness (QED) is 0.791. The minimum absolute atomic E-state index is 0.124. The Morgan fingerprint density at radius 3 is 2.71 bits per heavy atom. The third kappa shape index (κ3) is 4.14. The summed E-state index contributed by atoms with van der Waals surface area (Å²) in [5.74, 6) is -0.491. The van der Waals surface area contributed by atoms with Gasteiger partial charge >= 0.3 is 0 Å². The molecule has 1 aromatic heterocycles. The summed E-state index contributed by atoms with van der Waals surface area (Å²) < 4.78 is 0. The molecule has 0 radical (unpaired) electrons. The van der Waals surface area contributed by atoms with Crippen LogP contribution in [0, 0.1) is 0 Å². The lowest BCUT2D eigenvalue weighted by atomic mass is 10.1. The van der Waals surface area contributed by atoms with E-state index in [-0.39, 0.29) is 24.5 Å². The molecule has 3 N–H and O–H groups in total. The monoisotopic (exact) mass is 304 g/mol. The van der Waals surface area contributed by atoms with Gasteiger partial charge in [-0.15, -0.1) is 11.3 Å². The van der Waals surface area contributed by atoms with Gasteiger partial charge in [0.25, 0.3) is 11.8 Å². The zero-order valence-electron chi connectivity index (χ0n) is 11.5. The van der Waals surface area contributed by atoms with E-state index in [9.17, 15) is 9.59 Å². The molecule has 6 heteroatoms. The maximum Gasteiger partial charge on any atom is 0.265 e. The SMILES string of the molecule is CC(CO)NC(=O)c1cccc(NC(=O)c2cccs2)c1. The van der Waals surface area contributed by atoms with Gasteiger partial charge in [0.1, 0.15) is 0 Å². The molecule has 0 fully saturated rings. The van der Waals surface area contributed by atoms with Crippen molar-refractivity contribution in [3.63, 3.8) is 0 Å². The minimum atomic E-state index is -0.318. The van der Waals surface area contributed by atoms with Crippen LogP contribution in [0.4, 0.5) is 5.69 Å². The second-order valence-corrected chi connectivity index (χ2v) is 5.52. The Balaban J connectivity index is 2.07. The van der Waals surface area contributed by atoms with Gasteiger partial charge in [0, 0.05) is 17.3 Å². The van der Waals surface area contributed by atoms with Gasteiger partial charge < -0.3 is 15.7 Å². The normalized spacial score (nSPS) is 11.7. The molecule has 0 aliphatic carbocycles. The third-order valence-corrected chi connectivity index (χ3v) is 3.65. The van der Waals surface area contributed by atoms with Crippen LogP contribution in [0.25, 0.3) is 0 Å². The molecule has 1 atom stereocenters. The van der Waals surface area contributed by atoms with Crippen molar-refractivity contribution in [3.8, 4) is 0 Å². The lowest BCUT2D eigenvalue weighted by Crippen LogP contribution is -2.35. The van der Waals surface area contributed by atoms with E-state index >= 15 is 0 Å². The average molecular weight is 304 g/mol. The molecule has 1 heterocycles. The lowest BCUT2D eigenvalue weighted by Gasteiger charge is -2.11. The Morgan fingerprint density at radius 1 is 1.24 bits per heavy atom. The highest BCUT2D eigenvalue weighted by Gasteiger charge is 2.11. The summed E-state index contributed by atoms with van der Waals surface area (Å²) in [5, 5.41) is 16.2. The van der Waals surface area contributed by atoms with E-state index in [1.54, 1.807) is 43.3 Å². The van der Waals surface area contributed by atoms with Crippen molar-refractivity contribution in [2.24, 2.45) is 0 Å². The van der Waals surface area contributed by atoms with Crippen LogP contribution in [0.2, 0.25) is 0 Å². The largest absolute Gasteiger partial charge is 0.394 e. The topological polar surface area (TPSA) is 78.4 Å². The lowest BCUT2D eigenvalue weighted by molar-refractivity contribution is 0.0921. The van der Waals surface area contributed by atoms with Gasteiger partial charge in [0.15, 0.2) is 0 Å². The molecule has 1 unspecified atom stereocenters. The van der Waals surface area contributed by atoms with Gasteiger partial charge in [-0.1, -0.05) is 12.1 Å². The van der Waals surface area contributed by atoms with Crippen molar-refractivity contribution < 1.29 is 14.7 Å². The summed E-state index contributed by atoms with van der Waals surface area (Å²) in [6.45, 7) is 1.58. The Bertz CT molecular complexity index is 626. The first kappa shape index (κ1) is 15.2. The van der Waals surface area contributed by atoms with Crippen LogP contribution < -0.4 is 10.6 Å². The van der Waals surface area contributed by atoms with Crippen molar-refractivity contribution >= 4 is 28.8 Å². The number of hydrogen-bond acceptors (Lipinski definition) is 4. The number of aliphatic hydroxyl groups excluding tert-OH is 1. The van der Waals surface area contributed by atoms with E-state index in [4.69, 9.17) is 5.11 Å². The smallest absolute Gasteiger partial charge is 0.265 e. The molecule has 21 heavy (non-hydrogen) atoms. The van der Waals surface area contributed by atoms with Crippen LogP contribution >= 0.6 is 11.3 Å². The van der Waals surface area contributed by atoms with Gasteiger partial charge in [-0.3, -0.25) is 9.59 Å². The first-order chi connectivity index (χ1) is 10.1. The number of hydrogen-bond donors (Lipinski definition) is 3. The number of benzene rings is 1. The van der Waals surface area contributed by atoms with Gasteiger partial charge in [-0.05, 0) is 36.6 Å². The van der Waals surface area contributed by atoms with Crippen LogP contribution in [0.3, 0.4) is 0 Å². The molecule has 2 rings (SSSR count). The molecule has 0 saturated carbocycles. The molecule has 110 valence electrons. The van der Waals surface area contributed by atoms with E-state index in [0.717, 1.165) is 0 Å². The highest BCUT2D eigenvalue weighted by atomic mass is 32.1. The number of rotatable bonds is 5. The van der Waals surface area contributed by atoms with Gasteiger partial charge in [0.05, 0.1) is 11.5 Å². The molecule has 2 amide bonds. The fraction of sp³-hybridized carbons (Fsp3) is 0.200. The van der Waals surface area contributed by atoms with Crippen molar-refractivity contribution in [2.45, 2.75) is 13.0 Å². The van der Waals surface area contributed by atoms with E-state index in [2.05, 4.69) is 10.6 Å². The summed E-state index contributed by atoms with van der Waals surface area (Å²) in [5.41, 5.74) is 0.983. The zero-order valence-corrected chi connectivity index (χ0v) is 12.3. The Hall–Kier alpha value is -2.18. The summed E-state index contributed by atoms with van der Waals surface area (Å²) >= 11 is 1.35. The molecular weight excluding hydrogens is 288 g/mol. The number of amides is 2. The standard InChI is InChI=1S/C15H16N2O3S/c1-10(9-18)16-14(19)11-4-2-5-12(8-11)17-15(20)13-6-3-7-21-13/h2-8,10,18H,9H2,1H3,(H,16,19)(H,17,20). The van der Waals surface area contributed by atoms with Crippen LogP contribution in [0.5, 0.6) is 0 Å². The molecule has 0 aliphatic heterocycles. The number of anilines is 1. The van der Waals surface area contributed by atoms with Crippen molar-refractivity contribution in [1.82, 2.24) is 5.32 Å². The van der Waals surface area contributed by atoms with Crippen molar-refractivity contribution in [2.75, 3.05) is 11.9 Å². The molecule has 5 nitrogen and oxygen atoms in total. The Kier molecular flexibility index (Phi) is 5.08. The number of thiophene rings is 1. The molecule has 0 saturated heterocycles. The van der Waals surface area contributed by atoms with Crippen LogP contribution in [-0.4, -0.2) is 29.6 Å². The summed E-state index contributed by atoms with van der Waals surface area (Å²) in [6.07, 6.45) is 0. The van der Waals surface area contributed by atoms with Crippen LogP contribution in [-0.2, 0) is 0 Å². The Morgan fingerprint density at radius 2 is 2.05 bits per heavy atom. The Labute approximate surface area is 126 Å². The predicted molar refractivity (Wildman–Crippen MR) is 82.7 cm³/mol. The van der Waals surface area contributed by atoms with Gasteiger partial charge in [-0.2, -0.15) is 0 Å². The maximum atomic E-state index is 11.9. The number of carbonyl (C=O) groups is 2. The highest BCUT2D eigenvalue weighted by molar-refractivity contribution is 7.12. The summed E-state index contributed by atoms with van der Waals surface area (Å²) in [4.78, 5) is 24.5. The molecular formula is C15H16N2O3S. The molecule has 2 aromatic rings. The fourth-order valence-corrected chi connectivity index (χ4v) is 2.31. The van der Waals surface area contributed by atoms with Crippen LogP contribution in [0.15, 0.2) is 41.8 Å². The first-order valence-electron chi connectivity index (χ1n) is 6.47. The predicted octanol–water partition coefficient (Wildman–Crippen LogP) is 2.11. The minimum Gasteiger partial charge on any atom is -0.394 e. The second-order valence-electron chi connectivity index (χ2n) is 4.57. The summed E-state index contributed by atoms with van der Waals surface area (Å²) in [7, 11) is 0. The molecule has 0 spiro atoms. The maximum absolute atomic E-state index is 11.9. The fourth-order valence-electron chi connectivity index (χ4n) is 1.69. The first-order valence-corrected chi connectivity index (χ1v) is 7.34. The molecule has 0 aliphatic rings. The van der Waals surface area contributed by atoms with Gasteiger partial charge in [-0.25, -0.2) is 0 Å². The van der Waals surface area contributed by atoms with Gasteiger partial charge in [0.2, 0.25) is 0 Å². The zero-order chi connectivity index (χ0) is 15.2. The van der Waals surface area contributed by atoms with Crippen LogP contribution in [0.1, 0.15) is 27.0 Å².